The summed E-state index contributed by atoms with van der Waals surface area (Å²) in [5.74, 6) is 0. The molecule has 0 spiro atoms. The van der Waals surface area contributed by atoms with Crippen LogP contribution in [0.25, 0.3) is 0 Å². The SMILES string of the molecule is CCCC(C=O)O[Te](Cl)(Cl)Cl.N. The second-order valence-corrected chi connectivity index (χ2v) is 16.5. The quantitative estimate of drug-likeness (QED) is 0.611. The Morgan fingerprint density at radius 2 is 2.00 bits per heavy atom. The van der Waals surface area contributed by atoms with Crippen LogP contribution in [-0.4, -0.2) is 27.6 Å². The van der Waals surface area contributed by atoms with Crippen molar-refractivity contribution in [3.63, 3.8) is 0 Å². The third kappa shape index (κ3) is 9.34. The molecule has 1 unspecified atom stereocenters. The molecule has 0 amide bonds. The molecule has 7 heteroatoms. The van der Waals surface area contributed by atoms with E-state index >= 15 is 0 Å². The van der Waals surface area contributed by atoms with Gasteiger partial charge in [-0.25, -0.2) is 0 Å². The van der Waals surface area contributed by atoms with Crippen molar-refractivity contribution < 1.29 is 7.90 Å². The number of aldehydes is 1. The second-order valence-electron chi connectivity index (χ2n) is 1.92. The van der Waals surface area contributed by atoms with Crippen LogP contribution in [0.1, 0.15) is 19.8 Å². The van der Waals surface area contributed by atoms with E-state index in [1.807, 2.05) is 6.92 Å². The molecular weight excluding hydrogens is 340 g/mol. The van der Waals surface area contributed by atoms with Crippen LogP contribution in [0.2, 0.25) is 0 Å². The fourth-order valence-electron chi connectivity index (χ4n) is 0.563. The summed E-state index contributed by atoms with van der Waals surface area (Å²) in [5, 5.41) is 0. The Kier molecular flexibility index (Phi) is 9.99. The van der Waals surface area contributed by atoms with Crippen LogP contribution < -0.4 is 6.15 Å². The standard InChI is InChI=1S/C5H9Cl3O2Te.H3N/c1-2-3-5(4-9)10-11(6,7)8;/h4-5H,2-3H2,1H3;1H3. The van der Waals surface area contributed by atoms with Crippen LogP contribution in [-0.2, 0) is 7.90 Å². The van der Waals surface area contributed by atoms with Gasteiger partial charge in [0.1, 0.15) is 0 Å². The van der Waals surface area contributed by atoms with Gasteiger partial charge in [-0.3, -0.25) is 0 Å². The van der Waals surface area contributed by atoms with Crippen molar-refractivity contribution in [2.24, 2.45) is 0 Å². The molecular formula is C5H12Cl3NO2Te. The maximum Gasteiger partial charge on any atom is -0.344 e. The third-order valence-corrected chi connectivity index (χ3v) is 3.75. The van der Waals surface area contributed by atoms with Crippen molar-refractivity contribution >= 4 is 48.4 Å². The number of hydrogen-bond donors (Lipinski definition) is 1. The minimum Gasteiger partial charge on any atom is -0.344 e. The summed E-state index contributed by atoms with van der Waals surface area (Å²) in [6.45, 7) is 1.94. The molecule has 3 nitrogen and oxygen atoms in total. The molecule has 0 saturated carbocycles. The maximum atomic E-state index is 10.3. The van der Waals surface area contributed by atoms with Crippen molar-refractivity contribution in [3.8, 4) is 0 Å². The summed E-state index contributed by atoms with van der Waals surface area (Å²) in [6, 6.07) is 0. The van der Waals surface area contributed by atoms with E-state index in [2.05, 4.69) is 0 Å². The predicted molar refractivity (Wildman–Crippen MR) is 54.2 cm³/mol. The number of hydrogen-bond acceptors (Lipinski definition) is 3. The monoisotopic (exact) mass is 353 g/mol. The average molecular weight is 352 g/mol. The zero-order valence-corrected chi connectivity index (χ0v) is 11.2. The molecule has 0 aliphatic heterocycles. The average Bonchev–Trinajstić information content (AvgIpc) is 1.84. The topological polar surface area (TPSA) is 61.3 Å². The summed E-state index contributed by atoms with van der Waals surface area (Å²) >= 11 is -3.57. The van der Waals surface area contributed by atoms with E-state index < -0.39 is 21.3 Å². The van der Waals surface area contributed by atoms with Gasteiger partial charge in [0.2, 0.25) is 0 Å². The third-order valence-electron chi connectivity index (χ3n) is 0.958. The Labute approximate surface area is 87.8 Å². The van der Waals surface area contributed by atoms with E-state index in [9.17, 15) is 4.79 Å². The first-order valence-corrected chi connectivity index (χ1v) is 12.9. The molecule has 0 aliphatic rings. The molecule has 0 saturated heterocycles. The van der Waals surface area contributed by atoms with E-state index in [0.29, 0.717) is 12.7 Å². The first kappa shape index (κ1) is 15.7. The number of halogens is 3. The van der Waals surface area contributed by atoms with E-state index in [0.717, 1.165) is 6.42 Å². The molecule has 76 valence electrons. The van der Waals surface area contributed by atoms with Crippen LogP contribution in [0.15, 0.2) is 0 Å². The molecule has 0 radical (unpaired) electrons. The fraction of sp³-hybridized carbons (Fsp3) is 0.800. The minimum absolute atomic E-state index is 0. The number of carbonyl (C=O) groups excluding carboxylic acids is 1. The van der Waals surface area contributed by atoms with E-state index in [-0.39, 0.29) is 6.15 Å². The number of carbonyl (C=O) groups is 1. The molecule has 0 aromatic carbocycles. The molecule has 0 bridgehead atoms. The smallest absolute Gasteiger partial charge is 0.344 e. The predicted octanol–water partition coefficient (Wildman–Crippen LogP) is 2.68. The van der Waals surface area contributed by atoms with Crippen LogP contribution in [0.5, 0.6) is 0 Å². The van der Waals surface area contributed by atoms with Gasteiger partial charge < -0.3 is 6.15 Å². The van der Waals surface area contributed by atoms with Gasteiger partial charge in [-0.1, -0.05) is 0 Å². The molecule has 0 rings (SSSR count). The zero-order valence-electron chi connectivity index (χ0n) is 6.63. The van der Waals surface area contributed by atoms with Gasteiger partial charge in [0.25, 0.3) is 0 Å². The summed E-state index contributed by atoms with van der Waals surface area (Å²) in [4.78, 5) is 10.3. The Hall–Kier alpha value is 1.25. The Balaban J connectivity index is 0. The van der Waals surface area contributed by atoms with Gasteiger partial charge in [0, 0.05) is 0 Å². The van der Waals surface area contributed by atoms with Crippen molar-refractivity contribution in [2.75, 3.05) is 0 Å². The molecule has 0 aromatic heterocycles. The van der Waals surface area contributed by atoms with Gasteiger partial charge in [0.15, 0.2) is 0 Å². The Morgan fingerprint density at radius 1 is 1.50 bits per heavy atom. The molecule has 1 atom stereocenters. The summed E-state index contributed by atoms with van der Waals surface area (Å²) in [5.41, 5.74) is 0. The van der Waals surface area contributed by atoms with Crippen LogP contribution in [0, 0.1) is 0 Å². The zero-order chi connectivity index (χ0) is 8.91. The van der Waals surface area contributed by atoms with Crippen LogP contribution in [0.3, 0.4) is 0 Å². The van der Waals surface area contributed by atoms with Crippen molar-refractivity contribution in [3.05, 3.63) is 0 Å². The fourth-order valence-corrected chi connectivity index (χ4v) is 3.65. The molecule has 0 aromatic rings. The summed E-state index contributed by atoms with van der Waals surface area (Å²) in [6.07, 6.45) is 1.60. The van der Waals surface area contributed by atoms with Gasteiger partial charge in [-0.2, -0.15) is 0 Å². The summed E-state index contributed by atoms with van der Waals surface area (Å²) in [7, 11) is 16.4. The van der Waals surface area contributed by atoms with E-state index in [1.54, 1.807) is 0 Å². The summed E-state index contributed by atoms with van der Waals surface area (Å²) < 4.78 is 4.95. The largest absolute Gasteiger partial charge is 0.344 e. The van der Waals surface area contributed by atoms with Crippen molar-refractivity contribution in [1.82, 2.24) is 6.15 Å². The molecule has 3 N–H and O–H groups in total. The van der Waals surface area contributed by atoms with Crippen molar-refractivity contribution in [1.29, 1.82) is 0 Å². The first-order valence-electron chi connectivity index (χ1n) is 3.05. The van der Waals surface area contributed by atoms with Gasteiger partial charge >= 0.3 is 82.2 Å². The number of rotatable bonds is 5. The molecule has 0 heterocycles. The van der Waals surface area contributed by atoms with E-state index in [1.165, 1.54) is 0 Å². The molecule has 12 heavy (non-hydrogen) atoms. The maximum absolute atomic E-state index is 10.3. The van der Waals surface area contributed by atoms with Gasteiger partial charge in [-0.05, 0) is 0 Å². The van der Waals surface area contributed by atoms with Gasteiger partial charge in [0.05, 0.1) is 0 Å². The first-order chi connectivity index (χ1) is 4.99. The molecule has 0 fully saturated rings. The Morgan fingerprint density at radius 3 is 2.25 bits per heavy atom. The normalized spacial score (nSPS) is 14.7. The minimum atomic E-state index is -3.57. The Bertz CT molecular complexity index is 130. The van der Waals surface area contributed by atoms with Crippen LogP contribution in [0.4, 0.5) is 0 Å². The van der Waals surface area contributed by atoms with Crippen molar-refractivity contribution in [2.45, 2.75) is 25.9 Å². The molecule has 0 aliphatic carbocycles. The van der Waals surface area contributed by atoms with Crippen LogP contribution >= 0.6 is 26.9 Å². The van der Waals surface area contributed by atoms with Gasteiger partial charge in [-0.15, -0.1) is 0 Å². The second kappa shape index (κ2) is 7.63. The van der Waals surface area contributed by atoms with E-state index in [4.69, 9.17) is 30.0 Å².